The van der Waals surface area contributed by atoms with E-state index in [1.54, 1.807) is 22.7 Å². The normalized spacial score (nSPS) is 14.3. The second kappa shape index (κ2) is 12.0. The highest BCUT2D eigenvalue weighted by Gasteiger charge is 2.24. The molecule has 0 aliphatic carbocycles. The number of halogens is 2. The van der Waals surface area contributed by atoms with Crippen LogP contribution in [0.4, 0.5) is 9.52 Å². The maximum atomic E-state index is 13.7. The Labute approximate surface area is 202 Å². The Morgan fingerprint density at radius 3 is 2.81 bits per heavy atom. The number of ether oxygens (including phenoxy) is 1. The molecule has 172 valence electrons. The predicted octanol–water partition coefficient (Wildman–Crippen LogP) is 5.34. The maximum Gasteiger partial charge on any atom is 0.261 e. The molecule has 0 saturated carbocycles. The van der Waals surface area contributed by atoms with Crippen LogP contribution in [0.1, 0.15) is 23.7 Å². The lowest BCUT2D eigenvalue weighted by Gasteiger charge is -2.28. The van der Waals surface area contributed by atoms with Crippen LogP contribution in [0.2, 0.25) is 0 Å². The molecule has 1 fully saturated rings. The molecule has 0 N–H and O–H groups in total. The highest BCUT2D eigenvalue weighted by atomic mass is 35.5. The molecule has 1 aliphatic heterocycles. The summed E-state index contributed by atoms with van der Waals surface area (Å²) in [5.74, 6) is 0.539. The van der Waals surface area contributed by atoms with Crippen LogP contribution < -0.4 is 4.90 Å². The first kappa shape index (κ1) is 24.9. The van der Waals surface area contributed by atoms with Gasteiger partial charge in [0, 0.05) is 31.1 Å². The number of morpholine rings is 1. The molecule has 0 radical (unpaired) electrons. The van der Waals surface area contributed by atoms with Gasteiger partial charge in [-0.3, -0.25) is 14.6 Å². The van der Waals surface area contributed by atoms with Gasteiger partial charge in [0.1, 0.15) is 5.82 Å². The van der Waals surface area contributed by atoms with E-state index in [0.717, 1.165) is 54.6 Å². The number of fused-ring (bicyclic) bond motifs is 1. The quantitative estimate of drug-likeness (QED) is 0.395. The molecule has 9 heteroatoms. The van der Waals surface area contributed by atoms with Crippen molar-refractivity contribution in [1.29, 1.82) is 0 Å². The molecular formula is C23H27ClFN3O2S2. The monoisotopic (exact) mass is 495 g/mol. The Morgan fingerprint density at radius 2 is 2.03 bits per heavy atom. The summed E-state index contributed by atoms with van der Waals surface area (Å²) in [6.45, 7) is 6.89. The van der Waals surface area contributed by atoms with Crippen molar-refractivity contribution in [1.82, 2.24) is 9.88 Å². The van der Waals surface area contributed by atoms with E-state index < -0.39 is 0 Å². The van der Waals surface area contributed by atoms with Crippen LogP contribution in [0, 0.1) is 5.82 Å². The van der Waals surface area contributed by atoms with Crippen LogP contribution in [0.15, 0.2) is 47.4 Å². The number of amides is 1. The van der Waals surface area contributed by atoms with Crippen LogP contribution in [0.3, 0.4) is 0 Å². The van der Waals surface area contributed by atoms with E-state index in [1.807, 2.05) is 24.3 Å². The standard InChI is InChI=1S/C23H26FN3O2S2.ClH/c1-2-30-20-7-4-3-6-18(20)22(28)27(11-5-10-26-12-14-29-15-13-26)23-25-19-9-8-17(24)16-21(19)31-23;/h3-4,6-9,16H,2,5,10-15H2,1H3;1H. The van der Waals surface area contributed by atoms with Gasteiger partial charge in [-0.2, -0.15) is 0 Å². The first-order valence-electron chi connectivity index (χ1n) is 10.6. The number of hydrogen-bond acceptors (Lipinski definition) is 6. The summed E-state index contributed by atoms with van der Waals surface area (Å²) in [5, 5.41) is 0.615. The van der Waals surface area contributed by atoms with Gasteiger partial charge in [0.05, 0.1) is 29.0 Å². The highest BCUT2D eigenvalue weighted by Crippen LogP contribution is 2.32. The molecule has 0 atom stereocenters. The third-order valence-corrected chi connectivity index (χ3v) is 7.19. The second-order valence-corrected chi connectivity index (χ2v) is 9.62. The summed E-state index contributed by atoms with van der Waals surface area (Å²) in [6, 6.07) is 12.3. The van der Waals surface area contributed by atoms with Crippen LogP contribution in [-0.4, -0.2) is 60.9 Å². The Morgan fingerprint density at radius 1 is 1.25 bits per heavy atom. The van der Waals surface area contributed by atoms with Gasteiger partial charge in [0.15, 0.2) is 5.13 Å². The summed E-state index contributed by atoms with van der Waals surface area (Å²) in [5.41, 5.74) is 1.40. The van der Waals surface area contributed by atoms with Gasteiger partial charge in [0.2, 0.25) is 0 Å². The molecule has 2 aromatic carbocycles. The number of aromatic nitrogens is 1. The number of carbonyl (C=O) groups is 1. The van der Waals surface area contributed by atoms with E-state index in [1.165, 1.54) is 23.5 Å². The molecule has 1 amide bonds. The van der Waals surface area contributed by atoms with Gasteiger partial charge in [0.25, 0.3) is 5.91 Å². The number of nitrogens with zero attached hydrogens (tertiary/aromatic N) is 3. The smallest absolute Gasteiger partial charge is 0.261 e. The summed E-state index contributed by atoms with van der Waals surface area (Å²) in [7, 11) is 0. The average molecular weight is 496 g/mol. The molecule has 32 heavy (non-hydrogen) atoms. The lowest BCUT2D eigenvalue weighted by molar-refractivity contribution is 0.0376. The molecule has 2 heterocycles. The molecule has 1 saturated heterocycles. The minimum Gasteiger partial charge on any atom is -0.379 e. The highest BCUT2D eigenvalue weighted by molar-refractivity contribution is 7.99. The van der Waals surface area contributed by atoms with Crippen molar-refractivity contribution in [2.45, 2.75) is 18.2 Å². The van der Waals surface area contributed by atoms with Gasteiger partial charge in [-0.1, -0.05) is 30.4 Å². The van der Waals surface area contributed by atoms with Gasteiger partial charge < -0.3 is 4.74 Å². The fourth-order valence-corrected chi connectivity index (χ4v) is 5.44. The number of rotatable bonds is 8. The maximum absolute atomic E-state index is 13.7. The summed E-state index contributed by atoms with van der Waals surface area (Å²) in [6.07, 6.45) is 0.832. The summed E-state index contributed by atoms with van der Waals surface area (Å²) in [4.78, 5) is 23.4. The largest absolute Gasteiger partial charge is 0.379 e. The number of hydrogen-bond donors (Lipinski definition) is 0. The topological polar surface area (TPSA) is 45.7 Å². The molecular weight excluding hydrogens is 469 g/mol. The zero-order valence-corrected chi connectivity index (χ0v) is 20.4. The van der Waals surface area contributed by atoms with Gasteiger partial charge in [-0.05, 0) is 42.5 Å². The van der Waals surface area contributed by atoms with Crippen molar-refractivity contribution < 1.29 is 13.9 Å². The molecule has 0 unspecified atom stereocenters. The van der Waals surface area contributed by atoms with E-state index in [4.69, 9.17) is 4.74 Å². The Bertz CT molecular complexity index is 1040. The average Bonchev–Trinajstić information content (AvgIpc) is 3.20. The van der Waals surface area contributed by atoms with E-state index in [-0.39, 0.29) is 24.1 Å². The molecule has 0 spiro atoms. The fourth-order valence-electron chi connectivity index (χ4n) is 3.63. The van der Waals surface area contributed by atoms with Gasteiger partial charge in [-0.15, -0.1) is 24.2 Å². The minimum absolute atomic E-state index is 0. The van der Waals surface area contributed by atoms with E-state index >= 15 is 0 Å². The lowest BCUT2D eigenvalue weighted by Crippen LogP contribution is -2.39. The second-order valence-electron chi connectivity index (χ2n) is 7.30. The molecule has 5 nitrogen and oxygen atoms in total. The Hall–Kier alpha value is -1.71. The van der Waals surface area contributed by atoms with Crippen LogP contribution in [0.5, 0.6) is 0 Å². The third-order valence-electron chi connectivity index (χ3n) is 5.19. The first-order chi connectivity index (χ1) is 15.2. The Balaban J connectivity index is 0.00000289. The first-order valence-corrected chi connectivity index (χ1v) is 12.4. The van der Waals surface area contributed by atoms with Crippen molar-refractivity contribution in [3.8, 4) is 0 Å². The molecule has 1 aliphatic rings. The van der Waals surface area contributed by atoms with Crippen molar-refractivity contribution >= 4 is 56.8 Å². The van der Waals surface area contributed by atoms with Crippen molar-refractivity contribution in [3.63, 3.8) is 0 Å². The van der Waals surface area contributed by atoms with E-state index in [2.05, 4.69) is 16.8 Å². The van der Waals surface area contributed by atoms with Crippen LogP contribution in [0.25, 0.3) is 10.2 Å². The lowest BCUT2D eigenvalue weighted by atomic mass is 10.2. The molecule has 0 bridgehead atoms. The number of thioether (sulfide) groups is 1. The van der Waals surface area contributed by atoms with Gasteiger partial charge >= 0.3 is 0 Å². The van der Waals surface area contributed by atoms with E-state index in [9.17, 15) is 9.18 Å². The van der Waals surface area contributed by atoms with E-state index in [0.29, 0.717) is 22.8 Å². The minimum atomic E-state index is -0.294. The molecule has 4 rings (SSSR count). The molecule has 3 aromatic rings. The van der Waals surface area contributed by atoms with Crippen LogP contribution >= 0.6 is 35.5 Å². The number of anilines is 1. The Kier molecular flexibility index (Phi) is 9.31. The van der Waals surface area contributed by atoms with Crippen molar-refractivity contribution in [2.24, 2.45) is 0 Å². The van der Waals surface area contributed by atoms with Crippen LogP contribution in [-0.2, 0) is 4.74 Å². The number of carbonyl (C=O) groups excluding carboxylic acids is 1. The molecule has 1 aromatic heterocycles. The zero-order chi connectivity index (χ0) is 21.6. The SMILES string of the molecule is CCSc1ccccc1C(=O)N(CCCN1CCOCC1)c1nc2ccc(F)cc2s1.Cl. The van der Waals surface area contributed by atoms with Crippen molar-refractivity contribution in [3.05, 3.63) is 53.8 Å². The predicted molar refractivity (Wildman–Crippen MR) is 133 cm³/mol. The summed E-state index contributed by atoms with van der Waals surface area (Å²) < 4.78 is 19.9. The van der Waals surface area contributed by atoms with Gasteiger partial charge in [-0.25, -0.2) is 9.37 Å². The third kappa shape index (κ3) is 5.99. The number of thiazole rings is 1. The zero-order valence-electron chi connectivity index (χ0n) is 18.0. The van der Waals surface area contributed by atoms with Crippen molar-refractivity contribution in [2.75, 3.05) is 50.0 Å². The fraction of sp³-hybridized carbons (Fsp3) is 0.391. The summed E-state index contributed by atoms with van der Waals surface area (Å²) >= 11 is 3.02. The number of benzene rings is 2.